The Morgan fingerprint density at radius 1 is 1.33 bits per heavy atom. The standard InChI is InChI=1S/C16H18N4O/c1-2-4-15-14(8-18-11-19-15)16(21)20-9-13(10-20)12-5-3-6-17-7-12/h3,5-8,11,13H,2,4,9-10H2,1H3. The van der Waals surface area contributed by atoms with Crippen molar-refractivity contribution in [3.63, 3.8) is 0 Å². The van der Waals surface area contributed by atoms with E-state index in [0.717, 1.165) is 31.6 Å². The molecule has 0 aliphatic carbocycles. The smallest absolute Gasteiger partial charge is 0.257 e. The average molecular weight is 282 g/mol. The van der Waals surface area contributed by atoms with Gasteiger partial charge in [0, 0.05) is 37.6 Å². The lowest BCUT2D eigenvalue weighted by molar-refractivity contribution is 0.0600. The van der Waals surface area contributed by atoms with Crippen LogP contribution in [0.2, 0.25) is 0 Å². The lowest BCUT2D eigenvalue weighted by Gasteiger charge is -2.39. The number of rotatable bonds is 4. The summed E-state index contributed by atoms with van der Waals surface area (Å²) in [7, 11) is 0. The van der Waals surface area contributed by atoms with E-state index in [9.17, 15) is 4.79 Å². The maximum absolute atomic E-state index is 12.5. The normalized spacial score (nSPS) is 14.8. The van der Waals surface area contributed by atoms with Crippen LogP contribution in [0.3, 0.4) is 0 Å². The molecule has 0 aromatic carbocycles. The molecule has 3 rings (SSSR count). The number of hydrogen-bond acceptors (Lipinski definition) is 4. The van der Waals surface area contributed by atoms with E-state index in [2.05, 4.69) is 27.9 Å². The van der Waals surface area contributed by atoms with Gasteiger partial charge in [-0.25, -0.2) is 9.97 Å². The molecule has 0 N–H and O–H groups in total. The zero-order valence-electron chi connectivity index (χ0n) is 12.1. The second-order valence-electron chi connectivity index (χ2n) is 5.33. The van der Waals surface area contributed by atoms with Crippen molar-refractivity contribution in [2.45, 2.75) is 25.7 Å². The van der Waals surface area contributed by atoms with Gasteiger partial charge in [-0.2, -0.15) is 0 Å². The van der Waals surface area contributed by atoms with Crippen LogP contribution in [-0.4, -0.2) is 38.8 Å². The van der Waals surface area contributed by atoms with Crippen molar-refractivity contribution in [1.29, 1.82) is 0 Å². The van der Waals surface area contributed by atoms with Gasteiger partial charge >= 0.3 is 0 Å². The molecular weight excluding hydrogens is 264 g/mol. The van der Waals surface area contributed by atoms with Gasteiger partial charge in [0.05, 0.1) is 11.3 Å². The number of pyridine rings is 1. The fraction of sp³-hybridized carbons (Fsp3) is 0.375. The van der Waals surface area contributed by atoms with E-state index < -0.39 is 0 Å². The van der Waals surface area contributed by atoms with Crippen molar-refractivity contribution in [3.05, 3.63) is 53.9 Å². The largest absolute Gasteiger partial charge is 0.337 e. The molecule has 5 nitrogen and oxygen atoms in total. The minimum Gasteiger partial charge on any atom is -0.337 e. The van der Waals surface area contributed by atoms with Gasteiger partial charge in [0.25, 0.3) is 5.91 Å². The van der Waals surface area contributed by atoms with E-state index in [0.29, 0.717) is 11.5 Å². The highest BCUT2D eigenvalue weighted by Crippen LogP contribution is 2.28. The molecule has 1 aliphatic rings. The molecule has 0 spiro atoms. The molecule has 3 heterocycles. The highest BCUT2D eigenvalue weighted by atomic mass is 16.2. The number of carbonyl (C=O) groups is 1. The van der Waals surface area contributed by atoms with Crippen LogP contribution in [-0.2, 0) is 6.42 Å². The van der Waals surface area contributed by atoms with Crippen molar-refractivity contribution in [2.24, 2.45) is 0 Å². The minimum absolute atomic E-state index is 0.0409. The Morgan fingerprint density at radius 3 is 2.90 bits per heavy atom. The summed E-state index contributed by atoms with van der Waals surface area (Å²) in [5.41, 5.74) is 2.69. The predicted octanol–water partition coefficient (Wildman–Crippen LogP) is 2.06. The van der Waals surface area contributed by atoms with E-state index >= 15 is 0 Å². The van der Waals surface area contributed by atoms with E-state index in [-0.39, 0.29) is 5.91 Å². The van der Waals surface area contributed by atoms with Crippen molar-refractivity contribution >= 4 is 5.91 Å². The van der Waals surface area contributed by atoms with Crippen LogP contribution >= 0.6 is 0 Å². The first kappa shape index (κ1) is 13.7. The average Bonchev–Trinajstić information content (AvgIpc) is 2.48. The fourth-order valence-corrected chi connectivity index (χ4v) is 2.61. The summed E-state index contributed by atoms with van der Waals surface area (Å²) in [4.78, 5) is 26.8. The van der Waals surface area contributed by atoms with Crippen molar-refractivity contribution in [2.75, 3.05) is 13.1 Å². The van der Waals surface area contributed by atoms with Crippen LogP contribution < -0.4 is 0 Å². The minimum atomic E-state index is 0.0409. The van der Waals surface area contributed by atoms with Crippen LogP contribution in [0, 0.1) is 0 Å². The maximum Gasteiger partial charge on any atom is 0.257 e. The number of carbonyl (C=O) groups excluding carboxylic acids is 1. The molecule has 0 bridgehead atoms. The van der Waals surface area contributed by atoms with Gasteiger partial charge in [0.1, 0.15) is 6.33 Å². The number of nitrogens with zero attached hydrogens (tertiary/aromatic N) is 4. The number of aromatic nitrogens is 3. The summed E-state index contributed by atoms with van der Waals surface area (Å²) in [6, 6.07) is 4.00. The first-order valence-corrected chi connectivity index (χ1v) is 7.27. The van der Waals surface area contributed by atoms with Gasteiger partial charge in [-0.3, -0.25) is 9.78 Å². The summed E-state index contributed by atoms with van der Waals surface area (Å²) in [6.45, 7) is 3.56. The lowest BCUT2D eigenvalue weighted by atomic mass is 9.92. The summed E-state index contributed by atoms with van der Waals surface area (Å²) in [5, 5.41) is 0. The summed E-state index contributed by atoms with van der Waals surface area (Å²) < 4.78 is 0. The molecule has 108 valence electrons. The first-order valence-electron chi connectivity index (χ1n) is 7.27. The van der Waals surface area contributed by atoms with E-state index in [1.807, 2.05) is 17.2 Å². The zero-order chi connectivity index (χ0) is 14.7. The van der Waals surface area contributed by atoms with Crippen molar-refractivity contribution in [1.82, 2.24) is 19.9 Å². The Kier molecular flexibility index (Phi) is 3.90. The quantitative estimate of drug-likeness (QED) is 0.861. The van der Waals surface area contributed by atoms with Crippen LogP contribution in [0.1, 0.15) is 40.9 Å². The summed E-state index contributed by atoms with van der Waals surface area (Å²) in [6.07, 6.45) is 8.57. The van der Waals surface area contributed by atoms with Gasteiger partial charge in [0.2, 0.25) is 0 Å². The number of likely N-dealkylation sites (tertiary alicyclic amines) is 1. The number of aryl methyl sites for hydroxylation is 1. The molecule has 1 amide bonds. The second kappa shape index (κ2) is 5.99. The van der Waals surface area contributed by atoms with Crippen molar-refractivity contribution in [3.8, 4) is 0 Å². The molecule has 5 heteroatoms. The maximum atomic E-state index is 12.5. The molecule has 2 aromatic heterocycles. The topological polar surface area (TPSA) is 59.0 Å². The SMILES string of the molecule is CCCc1ncncc1C(=O)N1CC(c2cccnc2)C1. The van der Waals surface area contributed by atoms with E-state index in [1.165, 1.54) is 11.9 Å². The summed E-state index contributed by atoms with van der Waals surface area (Å²) >= 11 is 0. The van der Waals surface area contributed by atoms with E-state index in [4.69, 9.17) is 0 Å². The number of amides is 1. The van der Waals surface area contributed by atoms with E-state index in [1.54, 1.807) is 12.4 Å². The Bertz CT molecular complexity index is 623. The molecule has 1 saturated heterocycles. The molecule has 0 saturated carbocycles. The molecule has 21 heavy (non-hydrogen) atoms. The molecule has 0 atom stereocenters. The van der Waals surface area contributed by atoms with Gasteiger partial charge in [-0.15, -0.1) is 0 Å². The highest BCUT2D eigenvalue weighted by Gasteiger charge is 2.33. The molecule has 0 radical (unpaired) electrons. The molecule has 1 fully saturated rings. The Hall–Kier alpha value is -2.30. The lowest BCUT2D eigenvalue weighted by Crippen LogP contribution is -2.48. The Labute approximate surface area is 124 Å². The predicted molar refractivity (Wildman–Crippen MR) is 78.9 cm³/mol. The van der Waals surface area contributed by atoms with Crippen LogP contribution in [0.25, 0.3) is 0 Å². The third-order valence-corrected chi connectivity index (χ3v) is 3.84. The molecule has 2 aromatic rings. The first-order chi connectivity index (χ1) is 10.3. The molecule has 0 unspecified atom stereocenters. The zero-order valence-corrected chi connectivity index (χ0v) is 12.1. The van der Waals surface area contributed by atoms with Crippen molar-refractivity contribution < 1.29 is 4.79 Å². The van der Waals surface area contributed by atoms with Crippen LogP contribution in [0.5, 0.6) is 0 Å². The molecular formula is C16H18N4O. The van der Waals surface area contributed by atoms with Gasteiger partial charge < -0.3 is 4.90 Å². The highest BCUT2D eigenvalue weighted by molar-refractivity contribution is 5.95. The third kappa shape index (κ3) is 2.77. The van der Waals surface area contributed by atoms with Gasteiger partial charge in [-0.05, 0) is 18.1 Å². The monoisotopic (exact) mass is 282 g/mol. The van der Waals surface area contributed by atoms with Crippen LogP contribution in [0.15, 0.2) is 37.1 Å². The Balaban J connectivity index is 1.69. The van der Waals surface area contributed by atoms with Gasteiger partial charge in [0.15, 0.2) is 0 Å². The number of hydrogen-bond donors (Lipinski definition) is 0. The van der Waals surface area contributed by atoms with Crippen LogP contribution in [0.4, 0.5) is 0 Å². The molecule has 1 aliphatic heterocycles. The fourth-order valence-electron chi connectivity index (χ4n) is 2.61. The Morgan fingerprint density at radius 2 is 2.19 bits per heavy atom. The second-order valence-corrected chi connectivity index (χ2v) is 5.33. The summed E-state index contributed by atoms with van der Waals surface area (Å²) in [5.74, 6) is 0.432. The third-order valence-electron chi connectivity index (χ3n) is 3.84. The van der Waals surface area contributed by atoms with Gasteiger partial charge in [-0.1, -0.05) is 19.4 Å².